The number of nitrogens with two attached hydrogens (primary N) is 1. The lowest BCUT2D eigenvalue weighted by Crippen LogP contribution is -2.19. The Balaban J connectivity index is 2.63. The van der Waals surface area contributed by atoms with E-state index in [4.69, 9.17) is 5.73 Å². The third-order valence-electron chi connectivity index (χ3n) is 2.24. The van der Waals surface area contributed by atoms with Gasteiger partial charge < -0.3 is 11.1 Å². The molecule has 0 spiro atoms. The van der Waals surface area contributed by atoms with Crippen LogP contribution in [-0.2, 0) is 0 Å². The van der Waals surface area contributed by atoms with Crippen LogP contribution in [0.3, 0.4) is 0 Å². The van der Waals surface area contributed by atoms with E-state index in [1.54, 1.807) is 0 Å². The average molecular weight is 257 g/mol. The number of anilines is 1. The van der Waals surface area contributed by atoms with Crippen LogP contribution in [0.4, 0.5) is 5.69 Å². The van der Waals surface area contributed by atoms with E-state index < -0.39 is 0 Å². The van der Waals surface area contributed by atoms with Gasteiger partial charge in [-0.05, 0) is 46.9 Å². The molecule has 0 aliphatic carbocycles. The van der Waals surface area contributed by atoms with Crippen LogP contribution in [0, 0.1) is 12.8 Å². The highest BCUT2D eigenvalue weighted by atomic mass is 79.9. The van der Waals surface area contributed by atoms with E-state index in [2.05, 4.69) is 53.3 Å². The van der Waals surface area contributed by atoms with Crippen molar-refractivity contribution in [1.82, 2.24) is 0 Å². The van der Waals surface area contributed by atoms with E-state index in [-0.39, 0.29) is 0 Å². The Morgan fingerprint density at radius 2 is 2.21 bits per heavy atom. The third-order valence-corrected chi connectivity index (χ3v) is 3.29. The molecular formula is C11H17BrN2. The quantitative estimate of drug-likeness (QED) is 0.870. The number of hydrogen-bond acceptors (Lipinski definition) is 2. The summed E-state index contributed by atoms with van der Waals surface area (Å²) < 4.78 is 1.14. The minimum absolute atomic E-state index is 0.502. The molecular weight excluding hydrogens is 240 g/mol. The predicted octanol–water partition coefficient (Wildman–Crippen LogP) is 2.76. The van der Waals surface area contributed by atoms with Crippen LogP contribution in [0.25, 0.3) is 0 Å². The van der Waals surface area contributed by atoms with Crippen molar-refractivity contribution in [3.05, 3.63) is 28.2 Å². The van der Waals surface area contributed by atoms with Crippen molar-refractivity contribution in [2.24, 2.45) is 11.7 Å². The molecule has 1 unspecified atom stereocenters. The molecule has 0 aliphatic heterocycles. The van der Waals surface area contributed by atoms with Gasteiger partial charge in [0.1, 0.15) is 0 Å². The number of rotatable bonds is 4. The Morgan fingerprint density at radius 3 is 2.86 bits per heavy atom. The number of hydrogen-bond donors (Lipinski definition) is 2. The first-order chi connectivity index (χ1) is 6.65. The molecule has 0 aromatic heterocycles. The van der Waals surface area contributed by atoms with E-state index in [9.17, 15) is 0 Å². The molecule has 0 saturated carbocycles. The molecule has 0 saturated heterocycles. The number of nitrogens with one attached hydrogen (secondary N) is 1. The molecule has 3 N–H and O–H groups in total. The molecule has 0 aliphatic rings. The monoisotopic (exact) mass is 256 g/mol. The summed E-state index contributed by atoms with van der Waals surface area (Å²) in [6.45, 7) is 5.85. The Hall–Kier alpha value is -0.540. The van der Waals surface area contributed by atoms with E-state index in [0.717, 1.165) is 23.2 Å². The lowest BCUT2D eigenvalue weighted by Gasteiger charge is -2.13. The van der Waals surface area contributed by atoms with Crippen LogP contribution < -0.4 is 11.1 Å². The minimum atomic E-state index is 0.502. The molecule has 0 radical (unpaired) electrons. The normalized spacial score (nSPS) is 12.6. The highest BCUT2D eigenvalue weighted by Gasteiger charge is 2.03. The second kappa shape index (κ2) is 5.37. The summed E-state index contributed by atoms with van der Waals surface area (Å²) in [4.78, 5) is 0. The summed E-state index contributed by atoms with van der Waals surface area (Å²) in [6, 6.07) is 6.21. The summed E-state index contributed by atoms with van der Waals surface area (Å²) in [5.41, 5.74) is 7.94. The van der Waals surface area contributed by atoms with Crippen LogP contribution >= 0.6 is 15.9 Å². The molecule has 1 aromatic rings. The summed E-state index contributed by atoms with van der Waals surface area (Å²) >= 11 is 3.56. The van der Waals surface area contributed by atoms with E-state index in [0.29, 0.717) is 5.92 Å². The second-order valence-corrected chi connectivity index (χ2v) is 4.45. The van der Waals surface area contributed by atoms with E-state index in [1.807, 2.05) is 0 Å². The number of halogens is 1. The smallest absolute Gasteiger partial charge is 0.0487 e. The maximum atomic E-state index is 5.55. The largest absolute Gasteiger partial charge is 0.384 e. The molecule has 78 valence electrons. The Kier molecular flexibility index (Phi) is 4.42. The van der Waals surface area contributed by atoms with Crippen LogP contribution in [0.5, 0.6) is 0 Å². The molecule has 1 atom stereocenters. The van der Waals surface area contributed by atoms with Gasteiger partial charge in [-0.1, -0.05) is 19.1 Å². The van der Waals surface area contributed by atoms with E-state index >= 15 is 0 Å². The minimum Gasteiger partial charge on any atom is -0.384 e. The van der Waals surface area contributed by atoms with Gasteiger partial charge in [0.15, 0.2) is 0 Å². The fraction of sp³-hybridized carbons (Fsp3) is 0.455. The van der Waals surface area contributed by atoms with Gasteiger partial charge in [-0.25, -0.2) is 0 Å². The molecule has 14 heavy (non-hydrogen) atoms. The first-order valence-electron chi connectivity index (χ1n) is 4.84. The van der Waals surface area contributed by atoms with Crippen molar-refractivity contribution < 1.29 is 0 Å². The Bertz CT molecular complexity index is 299. The first-order valence-corrected chi connectivity index (χ1v) is 5.63. The SMILES string of the molecule is Cc1cccc(NCC(C)CN)c1Br. The molecule has 3 heteroatoms. The second-order valence-electron chi connectivity index (χ2n) is 3.66. The van der Waals surface area contributed by atoms with Crippen LogP contribution in [0.15, 0.2) is 22.7 Å². The molecule has 1 rings (SSSR count). The molecule has 0 fully saturated rings. The average Bonchev–Trinajstić information content (AvgIpc) is 2.20. The highest BCUT2D eigenvalue weighted by molar-refractivity contribution is 9.10. The molecule has 0 bridgehead atoms. The topological polar surface area (TPSA) is 38.0 Å². The molecule has 2 nitrogen and oxygen atoms in total. The molecule has 0 amide bonds. The predicted molar refractivity (Wildman–Crippen MR) is 65.6 cm³/mol. The van der Waals surface area contributed by atoms with Crippen molar-refractivity contribution >= 4 is 21.6 Å². The van der Waals surface area contributed by atoms with Gasteiger partial charge in [-0.15, -0.1) is 0 Å². The fourth-order valence-corrected chi connectivity index (χ4v) is 1.56. The van der Waals surface area contributed by atoms with Crippen molar-refractivity contribution in [1.29, 1.82) is 0 Å². The van der Waals surface area contributed by atoms with E-state index in [1.165, 1.54) is 5.56 Å². The lowest BCUT2D eigenvalue weighted by molar-refractivity contribution is 0.628. The number of benzene rings is 1. The molecule has 1 aromatic carbocycles. The first kappa shape index (κ1) is 11.5. The highest BCUT2D eigenvalue weighted by Crippen LogP contribution is 2.25. The van der Waals surface area contributed by atoms with Crippen LogP contribution in [0.1, 0.15) is 12.5 Å². The van der Waals surface area contributed by atoms with Crippen molar-refractivity contribution in [2.45, 2.75) is 13.8 Å². The van der Waals surface area contributed by atoms with Crippen LogP contribution in [-0.4, -0.2) is 13.1 Å². The van der Waals surface area contributed by atoms with Crippen LogP contribution in [0.2, 0.25) is 0 Å². The zero-order chi connectivity index (χ0) is 10.6. The maximum absolute atomic E-state index is 5.55. The third kappa shape index (κ3) is 3.00. The van der Waals surface area contributed by atoms with Gasteiger partial charge >= 0.3 is 0 Å². The van der Waals surface area contributed by atoms with Crippen molar-refractivity contribution in [3.8, 4) is 0 Å². The maximum Gasteiger partial charge on any atom is 0.0487 e. The zero-order valence-corrected chi connectivity index (χ0v) is 10.3. The summed E-state index contributed by atoms with van der Waals surface area (Å²) in [5.74, 6) is 0.502. The van der Waals surface area contributed by atoms with Gasteiger partial charge in [-0.3, -0.25) is 0 Å². The van der Waals surface area contributed by atoms with Crippen molar-refractivity contribution in [3.63, 3.8) is 0 Å². The number of aryl methyl sites for hydroxylation is 1. The standard InChI is InChI=1S/C11H17BrN2/c1-8(6-13)7-14-10-5-3-4-9(2)11(10)12/h3-5,8,14H,6-7,13H2,1-2H3. The Labute approximate surface area is 94.0 Å². The van der Waals surface area contributed by atoms with Gasteiger partial charge in [0.2, 0.25) is 0 Å². The Morgan fingerprint density at radius 1 is 1.50 bits per heavy atom. The zero-order valence-electron chi connectivity index (χ0n) is 8.68. The summed E-state index contributed by atoms with van der Waals surface area (Å²) in [5, 5.41) is 3.38. The summed E-state index contributed by atoms with van der Waals surface area (Å²) in [7, 11) is 0. The summed E-state index contributed by atoms with van der Waals surface area (Å²) in [6.07, 6.45) is 0. The van der Waals surface area contributed by atoms with Gasteiger partial charge in [0.25, 0.3) is 0 Å². The van der Waals surface area contributed by atoms with Gasteiger partial charge in [0, 0.05) is 16.7 Å². The van der Waals surface area contributed by atoms with Gasteiger partial charge in [0.05, 0.1) is 0 Å². The lowest BCUT2D eigenvalue weighted by atomic mass is 10.1. The van der Waals surface area contributed by atoms with Gasteiger partial charge in [-0.2, -0.15) is 0 Å². The van der Waals surface area contributed by atoms with Crippen molar-refractivity contribution in [2.75, 3.05) is 18.4 Å². The fourth-order valence-electron chi connectivity index (χ4n) is 1.15. The molecule has 0 heterocycles.